The zero-order valence-corrected chi connectivity index (χ0v) is 20.6. The van der Waals surface area contributed by atoms with Gasteiger partial charge in [-0.05, 0) is 73.2 Å². The molecular formula is C27H24N2O4S2. The minimum absolute atomic E-state index is 0.0997. The number of ether oxygens (including phenoxy) is 1. The lowest BCUT2D eigenvalue weighted by Gasteiger charge is -2.12. The van der Waals surface area contributed by atoms with Gasteiger partial charge in [0.25, 0.3) is 15.9 Å². The molecule has 0 aliphatic carbocycles. The molecule has 1 amide bonds. The standard InChI is InChI=1S/C27H24N2O4S2/c1-20-8-7-9-21(18-20)29-35(31,32)24-16-14-22(15-17-24)33-19-27(30)28-25-12-5-6-13-26(25)34-23-10-3-2-4-11-23/h2-18,29H,19H2,1H3,(H,28,30). The summed E-state index contributed by atoms with van der Waals surface area (Å²) in [5, 5.41) is 2.88. The van der Waals surface area contributed by atoms with E-state index in [2.05, 4.69) is 10.0 Å². The van der Waals surface area contributed by atoms with E-state index in [-0.39, 0.29) is 17.4 Å². The summed E-state index contributed by atoms with van der Waals surface area (Å²) in [6.45, 7) is 1.68. The van der Waals surface area contributed by atoms with Gasteiger partial charge in [0, 0.05) is 15.5 Å². The lowest BCUT2D eigenvalue weighted by atomic mass is 10.2. The summed E-state index contributed by atoms with van der Waals surface area (Å²) in [5.74, 6) is 0.0746. The molecule has 0 saturated carbocycles. The van der Waals surface area contributed by atoms with Crippen LogP contribution in [0.4, 0.5) is 11.4 Å². The number of anilines is 2. The van der Waals surface area contributed by atoms with Gasteiger partial charge in [-0.25, -0.2) is 8.42 Å². The molecule has 0 heterocycles. The lowest BCUT2D eigenvalue weighted by molar-refractivity contribution is -0.118. The Labute approximate surface area is 209 Å². The van der Waals surface area contributed by atoms with Gasteiger partial charge in [-0.2, -0.15) is 0 Å². The maximum Gasteiger partial charge on any atom is 0.262 e. The molecule has 0 spiro atoms. The predicted molar refractivity (Wildman–Crippen MR) is 140 cm³/mol. The van der Waals surface area contributed by atoms with E-state index in [1.54, 1.807) is 30.0 Å². The number of amides is 1. The summed E-state index contributed by atoms with van der Waals surface area (Å²) in [4.78, 5) is 14.6. The van der Waals surface area contributed by atoms with Crippen molar-refractivity contribution >= 4 is 39.1 Å². The molecule has 0 atom stereocenters. The fraction of sp³-hybridized carbons (Fsp3) is 0.0741. The summed E-state index contributed by atoms with van der Waals surface area (Å²) < 4.78 is 33.4. The Hall–Kier alpha value is -3.75. The summed E-state index contributed by atoms with van der Waals surface area (Å²) in [6, 6.07) is 30.5. The van der Waals surface area contributed by atoms with Gasteiger partial charge in [0.05, 0.1) is 10.6 Å². The largest absolute Gasteiger partial charge is 0.484 e. The van der Waals surface area contributed by atoms with E-state index >= 15 is 0 Å². The number of carbonyl (C=O) groups excluding carboxylic acids is 1. The number of hydrogen-bond acceptors (Lipinski definition) is 5. The molecule has 0 aliphatic heterocycles. The van der Waals surface area contributed by atoms with Crippen LogP contribution < -0.4 is 14.8 Å². The van der Waals surface area contributed by atoms with E-state index in [9.17, 15) is 13.2 Å². The van der Waals surface area contributed by atoms with Crippen LogP contribution >= 0.6 is 11.8 Å². The Morgan fingerprint density at radius 1 is 0.857 bits per heavy atom. The Bertz CT molecular complexity index is 1410. The van der Waals surface area contributed by atoms with E-state index in [1.165, 1.54) is 24.3 Å². The molecule has 4 aromatic carbocycles. The predicted octanol–water partition coefficient (Wildman–Crippen LogP) is 5.96. The van der Waals surface area contributed by atoms with Gasteiger partial charge in [-0.3, -0.25) is 9.52 Å². The number of carbonyl (C=O) groups is 1. The molecule has 4 rings (SSSR count). The minimum atomic E-state index is -3.74. The van der Waals surface area contributed by atoms with Crippen LogP contribution in [0.25, 0.3) is 0 Å². The SMILES string of the molecule is Cc1cccc(NS(=O)(=O)c2ccc(OCC(=O)Nc3ccccc3Sc3ccccc3)cc2)c1. The van der Waals surface area contributed by atoms with Crippen LogP contribution in [0, 0.1) is 6.92 Å². The molecule has 0 saturated heterocycles. The third-order valence-corrected chi connectivity index (χ3v) is 7.39. The molecule has 0 aromatic heterocycles. The van der Waals surface area contributed by atoms with Crippen molar-refractivity contribution in [3.63, 3.8) is 0 Å². The van der Waals surface area contributed by atoms with Crippen molar-refractivity contribution in [2.24, 2.45) is 0 Å². The number of aryl methyl sites for hydroxylation is 1. The molecule has 2 N–H and O–H groups in total. The van der Waals surface area contributed by atoms with Crippen LogP contribution in [0.2, 0.25) is 0 Å². The summed E-state index contributed by atoms with van der Waals surface area (Å²) >= 11 is 1.56. The van der Waals surface area contributed by atoms with E-state index in [1.807, 2.05) is 67.6 Å². The van der Waals surface area contributed by atoms with Crippen LogP contribution in [0.3, 0.4) is 0 Å². The minimum Gasteiger partial charge on any atom is -0.484 e. The first-order valence-corrected chi connectivity index (χ1v) is 13.1. The fourth-order valence-corrected chi connectivity index (χ4v) is 5.22. The number of sulfonamides is 1. The molecule has 6 nitrogen and oxygen atoms in total. The van der Waals surface area contributed by atoms with E-state index < -0.39 is 10.0 Å². The van der Waals surface area contributed by atoms with Crippen molar-refractivity contribution < 1.29 is 17.9 Å². The van der Waals surface area contributed by atoms with Crippen LogP contribution in [0.1, 0.15) is 5.56 Å². The van der Waals surface area contributed by atoms with Gasteiger partial charge in [0.2, 0.25) is 0 Å². The first kappa shape index (κ1) is 24.4. The maximum absolute atomic E-state index is 12.6. The highest BCUT2D eigenvalue weighted by molar-refractivity contribution is 7.99. The highest BCUT2D eigenvalue weighted by atomic mass is 32.2. The lowest BCUT2D eigenvalue weighted by Crippen LogP contribution is -2.20. The topological polar surface area (TPSA) is 84.5 Å². The first-order valence-electron chi connectivity index (χ1n) is 10.8. The van der Waals surface area contributed by atoms with Crippen LogP contribution in [0.5, 0.6) is 5.75 Å². The normalized spacial score (nSPS) is 11.0. The van der Waals surface area contributed by atoms with Gasteiger partial charge in [0.15, 0.2) is 6.61 Å². The number of para-hydroxylation sites is 1. The number of benzene rings is 4. The summed E-state index contributed by atoms with van der Waals surface area (Å²) in [5.41, 5.74) is 2.14. The Morgan fingerprint density at radius 2 is 1.57 bits per heavy atom. The Morgan fingerprint density at radius 3 is 2.31 bits per heavy atom. The molecule has 8 heteroatoms. The first-order chi connectivity index (χ1) is 16.9. The molecule has 0 bridgehead atoms. The van der Waals surface area contributed by atoms with E-state index in [0.29, 0.717) is 17.1 Å². The third-order valence-electron chi connectivity index (χ3n) is 4.91. The average Bonchev–Trinajstić information content (AvgIpc) is 2.85. The Kier molecular flexibility index (Phi) is 7.74. The van der Waals surface area contributed by atoms with Crippen molar-refractivity contribution in [3.8, 4) is 5.75 Å². The molecule has 4 aromatic rings. The second-order valence-electron chi connectivity index (χ2n) is 7.69. The molecular weight excluding hydrogens is 480 g/mol. The van der Waals surface area contributed by atoms with Crippen LogP contribution in [-0.2, 0) is 14.8 Å². The monoisotopic (exact) mass is 504 g/mol. The number of nitrogens with one attached hydrogen (secondary N) is 2. The zero-order chi connectivity index (χ0) is 24.7. The molecule has 0 fully saturated rings. The number of hydrogen-bond donors (Lipinski definition) is 2. The van der Waals surface area contributed by atoms with E-state index in [0.717, 1.165) is 15.4 Å². The smallest absolute Gasteiger partial charge is 0.262 e. The van der Waals surface area contributed by atoms with Crippen LogP contribution in [-0.4, -0.2) is 20.9 Å². The van der Waals surface area contributed by atoms with Gasteiger partial charge in [-0.15, -0.1) is 0 Å². The van der Waals surface area contributed by atoms with Crippen molar-refractivity contribution in [3.05, 3.63) is 109 Å². The van der Waals surface area contributed by atoms with Gasteiger partial charge in [-0.1, -0.05) is 54.2 Å². The average molecular weight is 505 g/mol. The third kappa shape index (κ3) is 6.88. The highest BCUT2D eigenvalue weighted by Crippen LogP contribution is 2.33. The molecule has 0 unspecified atom stereocenters. The summed E-state index contributed by atoms with van der Waals surface area (Å²) in [6.07, 6.45) is 0. The fourth-order valence-electron chi connectivity index (χ4n) is 3.25. The van der Waals surface area contributed by atoms with Gasteiger partial charge in [0.1, 0.15) is 5.75 Å². The van der Waals surface area contributed by atoms with E-state index in [4.69, 9.17) is 4.74 Å². The van der Waals surface area contributed by atoms with Crippen molar-refractivity contribution in [2.45, 2.75) is 21.6 Å². The molecule has 0 aliphatic rings. The van der Waals surface area contributed by atoms with Gasteiger partial charge < -0.3 is 10.1 Å². The molecule has 178 valence electrons. The summed E-state index contributed by atoms with van der Waals surface area (Å²) in [7, 11) is -3.74. The highest BCUT2D eigenvalue weighted by Gasteiger charge is 2.15. The second-order valence-corrected chi connectivity index (χ2v) is 10.5. The Balaban J connectivity index is 1.34. The second kappa shape index (κ2) is 11.1. The van der Waals surface area contributed by atoms with Crippen molar-refractivity contribution in [1.82, 2.24) is 0 Å². The zero-order valence-electron chi connectivity index (χ0n) is 19.0. The van der Waals surface area contributed by atoms with Crippen LogP contribution in [0.15, 0.2) is 118 Å². The quantitative estimate of drug-likeness (QED) is 0.294. The molecule has 35 heavy (non-hydrogen) atoms. The van der Waals surface area contributed by atoms with Crippen molar-refractivity contribution in [2.75, 3.05) is 16.6 Å². The van der Waals surface area contributed by atoms with Gasteiger partial charge >= 0.3 is 0 Å². The number of rotatable bonds is 9. The molecule has 0 radical (unpaired) electrons. The van der Waals surface area contributed by atoms with Crippen molar-refractivity contribution in [1.29, 1.82) is 0 Å². The maximum atomic E-state index is 12.6.